The molecule has 1 aliphatic rings. The maximum absolute atomic E-state index is 9.43. The van der Waals surface area contributed by atoms with Gasteiger partial charge in [0.15, 0.2) is 0 Å². The summed E-state index contributed by atoms with van der Waals surface area (Å²) in [5, 5.41) is 14.3. The molecule has 0 radical (unpaired) electrons. The molecule has 1 heterocycles. The van der Waals surface area contributed by atoms with E-state index < -0.39 is 0 Å². The first-order valence-corrected chi connectivity index (χ1v) is 8.40. The van der Waals surface area contributed by atoms with Gasteiger partial charge < -0.3 is 5.11 Å². The van der Waals surface area contributed by atoms with Crippen LogP contribution in [0.15, 0.2) is 30.3 Å². The van der Waals surface area contributed by atoms with Gasteiger partial charge in [0, 0.05) is 22.7 Å². The van der Waals surface area contributed by atoms with Crippen molar-refractivity contribution >= 4 is 0 Å². The van der Waals surface area contributed by atoms with Gasteiger partial charge in [-0.1, -0.05) is 51.1 Å². The Balaban J connectivity index is 2.19. The summed E-state index contributed by atoms with van der Waals surface area (Å²) in [6.07, 6.45) is 2.44. The second-order valence-electron chi connectivity index (χ2n) is 6.79. The number of fused-ring (bicyclic) bond motifs is 1. The lowest BCUT2D eigenvalue weighted by atomic mass is 9.75. The first kappa shape index (κ1) is 15.3. The molecule has 0 fully saturated rings. The lowest BCUT2D eigenvalue weighted by molar-refractivity contribution is 0.261. The van der Waals surface area contributed by atoms with E-state index in [0.29, 0.717) is 24.3 Å². The monoisotopic (exact) mass is 298 g/mol. The van der Waals surface area contributed by atoms with Crippen molar-refractivity contribution in [3.8, 4) is 11.3 Å². The molecule has 3 heteroatoms. The van der Waals surface area contributed by atoms with Crippen LogP contribution in [0.4, 0.5) is 0 Å². The smallest absolute Gasteiger partial charge is 0.0960 e. The lowest BCUT2D eigenvalue weighted by Crippen LogP contribution is -2.21. The van der Waals surface area contributed by atoms with E-state index in [0.717, 1.165) is 5.69 Å². The van der Waals surface area contributed by atoms with Crippen LogP contribution in [0.3, 0.4) is 0 Å². The van der Waals surface area contributed by atoms with Gasteiger partial charge >= 0.3 is 0 Å². The third kappa shape index (κ3) is 2.58. The Morgan fingerprint density at radius 3 is 2.59 bits per heavy atom. The van der Waals surface area contributed by atoms with Crippen LogP contribution < -0.4 is 0 Å². The summed E-state index contributed by atoms with van der Waals surface area (Å²) >= 11 is 0. The predicted octanol–water partition coefficient (Wildman–Crippen LogP) is 4.18. The second-order valence-corrected chi connectivity index (χ2v) is 6.79. The SMILES string of the molecule is CC1CCC(C(C)C)c2c1c(-c1ccccc1)nn2CCO. The van der Waals surface area contributed by atoms with Crippen molar-refractivity contribution in [2.75, 3.05) is 6.61 Å². The molecule has 0 amide bonds. The maximum Gasteiger partial charge on any atom is 0.0960 e. The quantitative estimate of drug-likeness (QED) is 0.919. The van der Waals surface area contributed by atoms with E-state index in [1.807, 2.05) is 6.07 Å². The third-order valence-electron chi connectivity index (χ3n) is 4.95. The fourth-order valence-electron chi connectivity index (χ4n) is 3.80. The highest BCUT2D eigenvalue weighted by atomic mass is 16.3. The highest BCUT2D eigenvalue weighted by Crippen LogP contribution is 2.46. The standard InChI is InChI=1S/C19H26N2O/c1-13(2)16-10-9-14(3)17-18(15-7-5-4-6-8-15)20-21(11-12-22)19(16)17/h4-8,13-14,16,22H,9-12H2,1-3H3. The molecule has 2 atom stereocenters. The molecule has 3 rings (SSSR count). The van der Waals surface area contributed by atoms with E-state index in [1.54, 1.807) is 0 Å². The zero-order valence-electron chi connectivity index (χ0n) is 13.8. The van der Waals surface area contributed by atoms with Crippen molar-refractivity contribution in [1.29, 1.82) is 0 Å². The van der Waals surface area contributed by atoms with Crippen molar-refractivity contribution in [3.63, 3.8) is 0 Å². The highest BCUT2D eigenvalue weighted by Gasteiger charge is 2.33. The number of hydrogen-bond acceptors (Lipinski definition) is 2. The molecule has 1 aliphatic carbocycles. The maximum atomic E-state index is 9.43. The van der Waals surface area contributed by atoms with Gasteiger partial charge in [-0.05, 0) is 24.7 Å². The molecule has 22 heavy (non-hydrogen) atoms. The molecule has 2 aromatic rings. The molecule has 1 aromatic carbocycles. The normalized spacial score (nSPS) is 21.1. The Kier molecular flexibility index (Phi) is 4.34. The topological polar surface area (TPSA) is 38.0 Å². The fourth-order valence-corrected chi connectivity index (χ4v) is 3.80. The van der Waals surface area contributed by atoms with Gasteiger partial charge in [0.1, 0.15) is 0 Å². The molecule has 0 saturated heterocycles. The molecule has 0 saturated carbocycles. The molecule has 2 unspecified atom stereocenters. The van der Waals surface area contributed by atoms with Gasteiger partial charge in [0.2, 0.25) is 0 Å². The molecular formula is C19H26N2O. The van der Waals surface area contributed by atoms with Crippen LogP contribution in [0.2, 0.25) is 0 Å². The van der Waals surface area contributed by atoms with E-state index in [4.69, 9.17) is 5.10 Å². The summed E-state index contributed by atoms with van der Waals surface area (Å²) in [6.45, 7) is 7.63. The number of aliphatic hydroxyl groups is 1. The van der Waals surface area contributed by atoms with Crippen LogP contribution in [0.5, 0.6) is 0 Å². The number of rotatable bonds is 4. The number of nitrogens with zero attached hydrogens (tertiary/aromatic N) is 2. The summed E-state index contributed by atoms with van der Waals surface area (Å²) in [5.74, 6) is 1.68. The lowest BCUT2D eigenvalue weighted by Gasteiger charge is -2.31. The first-order chi connectivity index (χ1) is 10.6. The van der Waals surface area contributed by atoms with E-state index in [-0.39, 0.29) is 6.61 Å². The Labute approximate surface area is 133 Å². The van der Waals surface area contributed by atoms with Gasteiger partial charge in [-0.15, -0.1) is 0 Å². The van der Waals surface area contributed by atoms with E-state index in [1.165, 1.54) is 29.7 Å². The number of benzene rings is 1. The fraction of sp³-hybridized carbons (Fsp3) is 0.526. The number of aliphatic hydroxyl groups excluding tert-OH is 1. The Hall–Kier alpha value is -1.61. The minimum atomic E-state index is 0.140. The Morgan fingerprint density at radius 2 is 1.95 bits per heavy atom. The minimum absolute atomic E-state index is 0.140. The first-order valence-electron chi connectivity index (χ1n) is 8.40. The summed E-state index contributed by atoms with van der Waals surface area (Å²) in [4.78, 5) is 0. The van der Waals surface area contributed by atoms with Crippen molar-refractivity contribution in [3.05, 3.63) is 41.6 Å². The number of aromatic nitrogens is 2. The Bertz CT molecular complexity index is 630. The minimum Gasteiger partial charge on any atom is -0.394 e. The highest BCUT2D eigenvalue weighted by molar-refractivity contribution is 5.65. The van der Waals surface area contributed by atoms with Crippen LogP contribution in [0.25, 0.3) is 11.3 Å². The van der Waals surface area contributed by atoms with Crippen molar-refractivity contribution in [2.45, 2.75) is 52.0 Å². The predicted molar refractivity (Wildman–Crippen MR) is 90.0 cm³/mol. The van der Waals surface area contributed by atoms with Crippen molar-refractivity contribution < 1.29 is 5.11 Å². The van der Waals surface area contributed by atoms with Gasteiger partial charge in [-0.2, -0.15) is 5.10 Å². The van der Waals surface area contributed by atoms with E-state index in [2.05, 4.69) is 49.7 Å². The van der Waals surface area contributed by atoms with Crippen LogP contribution in [-0.2, 0) is 6.54 Å². The molecular weight excluding hydrogens is 272 g/mol. The van der Waals surface area contributed by atoms with Gasteiger partial charge in [-0.3, -0.25) is 4.68 Å². The molecule has 118 valence electrons. The van der Waals surface area contributed by atoms with Gasteiger partial charge in [0.05, 0.1) is 18.8 Å². The molecule has 1 aromatic heterocycles. The van der Waals surface area contributed by atoms with Gasteiger partial charge in [0.25, 0.3) is 0 Å². The average molecular weight is 298 g/mol. The molecule has 0 aliphatic heterocycles. The molecule has 3 nitrogen and oxygen atoms in total. The molecule has 0 spiro atoms. The zero-order chi connectivity index (χ0) is 15.7. The second kappa shape index (κ2) is 6.25. The van der Waals surface area contributed by atoms with E-state index in [9.17, 15) is 5.11 Å². The average Bonchev–Trinajstić information content (AvgIpc) is 2.89. The van der Waals surface area contributed by atoms with Crippen LogP contribution in [-0.4, -0.2) is 21.5 Å². The number of hydrogen-bond donors (Lipinski definition) is 1. The van der Waals surface area contributed by atoms with Crippen LogP contribution >= 0.6 is 0 Å². The summed E-state index contributed by atoms with van der Waals surface area (Å²) in [6, 6.07) is 10.5. The van der Waals surface area contributed by atoms with E-state index >= 15 is 0 Å². The zero-order valence-corrected chi connectivity index (χ0v) is 13.8. The van der Waals surface area contributed by atoms with Crippen LogP contribution in [0.1, 0.15) is 56.7 Å². The van der Waals surface area contributed by atoms with Crippen molar-refractivity contribution in [2.24, 2.45) is 5.92 Å². The molecule has 0 bridgehead atoms. The summed E-state index contributed by atoms with van der Waals surface area (Å²) in [5.41, 5.74) is 5.07. The van der Waals surface area contributed by atoms with Gasteiger partial charge in [-0.25, -0.2) is 0 Å². The summed E-state index contributed by atoms with van der Waals surface area (Å²) in [7, 11) is 0. The molecule has 1 N–H and O–H groups in total. The van der Waals surface area contributed by atoms with Crippen molar-refractivity contribution in [1.82, 2.24) is 9.78 Å². The van der Waals surface area contributed by atoms with Crippen LogP contribution in [0, 0.1) is 5.92 Å². The third-order valence-corrected chi connectivity index (χ3v) is 4.95. The largest absolute Gasteiger partial charge is 0.394 e. The summed E-state index contributed by atoms with van der Waals surface area (Å²) < 4.78 is 2.07. The Morgan fingerprint density at radius 1 is 1.23 bits per heavy atom.